The molecule has 0 bridgehead atoms. The van der Waals surface area contributed by atoms with Gasteiger partial charge in [-0.3, -0.25) is 9.69 Å². The van der Waals surface area contributed by atoms with Crippen LogP contribution in [0.3, 0.4) is 0 Å². The molecule has 0 spiro atoms. The number of piperazine rings is 1. The second-order valence-corrected chi connectivity index (χ2v) is 8.79. The predicted octanol–water partition coefficient (Wildman–Crippen LogP) is 4.04. The topological polar surface area (TPSA) is 73.3 Å². The summed E-state index contributed by atoms with van der Waals surface area (Å²) in [7, 11) is 0. The van der Waals surface area contributed by atoms with Gasteiger partial charge in [-0.05, 0) is 30.9 Å². The van der Waals surface area contributed by atoms with Crippen LogP contribution < -0.4 is 4.90 Å². The van der Waals surface area contributed by atoms with Crippen LogP contribution in [0.1, 0.15) is 24.0 Å². The van der Waals surface area contributed by atoms with Crippen LogP contribution in [0.2, 0.25) is 0 Å². The third-order valence-electron chi connectivity index (χ3n) is 6.32. The zero-order valence-corrected chi connectivity index (χ0v) is 19.0. The molecule has 2 aliphatic rings. The number of halogens is 6. The molecule has 2 aliphatic heterocycles. The van der Waals surface area contributed by atoms with Crippen LogP contribution in [0.15, 0.2) is 18.2 Å². The van der Waals surface area contributed by atoms with Crippen molar-refractivity contribution in [3.05, 3.63) is 29.3 Å². The third kappa shape index (κ3) is 6.71. The van der Waals surface area contributed by atoms with E-state index >= 15 is 0 Å². The Morgan fingerprint density at radius 3 is 2.09 bits per heavy atom. The van der Waals surface area contributed by atoms with Crippen molar-refractivity contribution in [2.45, 2.75) is 44.8 Å². The Bertz CT molecular complexity index is 893. The Morgan fingerprint density at radius 1 is 1.00 bits per heavy atom. The molecular weight excluding hydrogens is 484 g/mol. The number of piperidine rings is 1. The molecule has 0 atom stereocenters. The van der Waals surface area contributed by atoms with Gasteiger partial charge in [-0.2, -0.15) is 26.3 Å². The molecule has 196 valence electrons. The minimum absolute atomic E-state index is 0.0770. The van der Waals surface area contributed by atoms with E-state index in [1.807, 2.05) is 30.0 Å². The third-order valence-corrected chi connectivity index (χ3v) is 6.32. The van der Waals surface area contributed by atoms with E-state index in [-0.39, 0.29) is 32.1 Å². The van der Waals surface area contributed by atoms with E-state index in [0.717, 1.165) is 21.7 Å². The first-order chi connectivity index (χ1) is 16.3. The van der Waals surface area contributed by atoms with Gasteiger partial charge in [0.25, 0.3) is 6.10 Å². The first-order valence-corrected chi connectivity index (χ1v) is 11.1. The maximum atomic E-state index is 12.7. The van der Waals surface area contributed by atoms with Crippen LogP contribution in [-0.4, -0.2) is 84.7 Å². The smallest absolute Gasteiger partial charge is 0.434 e. The van der Waals surface area contributed by atoms with E-state index in [9.17, 15) is 41.0 Å². The second-order valence-electron chi connectivity index (χ2n) is 8.79. The summed E-state index contributed by atoms with van der Waals surface area (Å²) in [4.78, 5) is 28.2. The minimum atomic E-state index is -5.75. The summed E-state index contributed by atoms with van der Waals surface area (Å²) in [6.07, 6.45) is -16.3. The number of benzene rings is 1. The lowest BCUT2D eigenvalue weighted by Crippen LogP contribution is -2.52. The number of hydrogen-bond donors (Lipinski definition) is 1. The fraction of sp³-hybridized carbons (Fsp3) is 0.636. The summed E-state index contributed by atoms with van der Waals surface area (Å²) in [6, 6.07) is 5.78. The lowest BCUT2D eigenvalue weighted by atomic mass is 9.95. The molecule has 0 aliphatic carbocycles. The summed E-state index contributed by atoms with van der Waals surface area (Å²) in [5.41, 5.74) is 2.99. The van der Waals surface area contributed by atoms with Crippen molar-refractivity contribution in [3.8, 4) is 0 Å². The molecule has 3 rings (SSSR count). The molecule has 35 heavy (non-hydrogen) atoms. The van der Waals surface area contributed by atoms with Crippen molar-refractivity contribution < 1.29 is 45.8 Å². The van der Waals surface area contributed by atoms with Gasteiger partial charge in [0.1, 0.15) is 0 Å². The summed E-state index contributed by atoms with van der Waals surface area (Å²) in [6.45, 7) is 3.93. The quantitative estimate of drug-likeness (QED) is 0.602. The van der Waals surface area contributed by atoms with Crippen molar-refractivity contribution in [3.63, 3.8) is 0 Å². The molecule has 0 unspecified atom stereocenters. The average molecular weight is 511 g/mol. The van der Waals surface area contributed by atoms with Crippen LogP contribution in [0.25, 0.3) is 0 Å². The molecule has 0 saturated carbocycles. The van der Waals surface area contributed by atoms with Gasteiger partial charge in [0.05, 0.1) is 5.92 Å². The average Bonchev–Trinajstić information content (AvgIpc) is 2.76. The van der Waals surface area contributed by atoms with Crippen LogP contribution >= 0.6 is 0 Å². The molecule has 0 aromatic heterocycles. The Balaban J connectivity index is 1.60. The number of carboxylic acid groups (broad SMARTS) is 1. The Morgan fingerprint density at radius 2 is 1.57 bits per heavy atom. The van der Waals surface area contributed by atoms with Crippen LogP contribution in [0, 0.1) is 12.8 Å². The van der Waals surface area contributed by atoms with E-state index < -0.39 is 30.5 Å². The van der Waals surface area contributed by atoms with E-state index in [2.05, 4.69) is 9.64 Å². The van der Waals surface area contributed by atoms with Gasteiger partial charge >= 0.3 is 24.4 Å². The molecule has 7 nitrogen and oxygen atoms in total. The van der Waals surface area contributed by atoms with Gasteiger partial charge in [0, 0.05) is 51.5 Å². The van der Waals surface area contributed by atoms with Gasteiger partial charge in [-0.25, -0.2) is 4.79 Å². The number of carbonyl (C=O) groups is 2. The predicted molar refractivity (Wildman–Crippen MR) is 113 cm³/mol. The molecule has 1 aromatic rings. The zero-order chi connectivity index (χ0) is 26.0. The SMILES string of the molecule is Cc1cccc(CN2CCN(C(=O)OC(C(F)(F)F)C(F)(F)F)CC2)c1N1CCC(C(=O)O)CC1. The number of carboxylic acids is 1. The summed E-state index contributed by atoms with van der Waals surface area (Å²) >= 11 is 0. The number of aliphatic carboxylic acids is 1. The summed E-state index contributed by atoms with van der Waals surface area (Å²) in [5, 5.41) is 9.24. The highest BCUT2D eigenvalue weighted by atomic mass is 19.4. The number of aryl methyl sites for hydroxylation is 1. The molecule has 1 aromatic carbocycles. The number of rotatable bonds is 5. The number of carbonyl (C=O) groups excluding carboxylic acids is 1. The number of ether oxygens (including phenoxy) is 1. The highest BCUT2D eigenvalue weighted by Crippen LogP contribution is 2.36. The zero-order valence-electron chi connectivity index (χ0n) is 19.0. The lowest BCUT2D eigenvalue weighted by molar-refractivity contribution is -0.308. The fourth-order valence-electron chi connectivity index (χ4n) is 4.47. The maximum Gasteiger partial charge on any atom is 0.434 e. The first-order valence-electron chi connectivity index (χ1n) is 11.1. The van der Waals surface area contributed by atoms with Gasteiger partial charge in [-0.1, -0.05) is 18.2 Å². The lowest BCUT2D eigenvalue weighted by Gasteiger charge is -2.37. The first kappa shape index (κ1) is 26.9. The highest BCUT2D eigenvalue weighted by molar-refractivity contribution is 5.71. The number of nitrogens with zero attached hydrogens (tertiary/aromatic N) is 3. The van der Waals surface area contributed by atoms with Crippen molar-refractivity contribution in [2.24, 2.45) is 5.92 Å². The minimum Gasteiger partial charge on any atom is -0.481 e. The molecule has 1 N–H and O–H groups in total. The number of alkyl halides is 6. The standard InChI is InChI=1S/C22H27F6N3O4/c1-14-3-2-4-16(17(14)30-7-5-15(6-8-30)18(32)33)13-29-9-11-31(12-10-29)20(34)35-19(21(23,24)25)22(26,27)28/h2-4,15,19H,5-13H2,1H3,(H,32,33). The molecule has 2 fully saturated rings. The monoisotopic (exact) mass is 511 g/mol. The molecule has 0 radical (unpaired) electrons. The number of hydrogen-bond acceptors (Lipinski definition) is 5. The maximum absolute atomic E-state index is 12.7. The van der Waals surface area contributed by atoms with Crippen LogP contribution in [0.5, 0.6) is 0 Å². The summed E-state index contributed by atoms with van der Waals surface area (Å²) < 4.78 is 79.8. The fourth-order valence-corrected chi connectivity index (χ4v) is 4.47. The Hall–Kier alpha value is -2.70. The Kier molecular flexibility index (Phi) is 8.07. The van der Waals surface area contributed by atoms with Crippen LogP contribution in [-0.2, 0) is 16.1 Å². The number of para-hydroxylation sites is 1. The van der Waals surface area contributed by atoms with Crippen molar-refractivity contribution in [1.82, 2.24) is 9.80 Å². The van der Waals surface area contributed by atoms with E-state index in [4.69, 9.17) is 0 Å². The van der Waals surface area contributed by atoms with Crippen molar-refractivity contribution >= 4 is 17.7 Å². The van der Waals surface area contributed by atoms with Crippen molar-refractivity contribution in [1.29, 1.82) is 0 Å². The second kappa shape index (κ2) is 10.5. The largest absolute Gasteiger partial charge is 0.481 e. The molecule has 2 heterocycles. The Labute approximate surface area is 198 Å². The molecule has 2 saturated heterocycles. The van der Waals surface area contributed by atoms with Crippen LogP contribution in [0.4, 0.5) is 36.8 Å². The van der Waals surface area contributed by atoms with Gasteiger partial charge in [0.2, 0.25) is 0 Å². The number of amides is 1. The summed E-state index contributed by atoms with van der Waals surface area (Å²) in [5.74, 6) is -1.18. The number of anilines is 1. The van der Waals surface area contributed by atoms with E-state index in [1.54, 1.807) is 0 Å². The molecular formula is C22H27F6N3O4. The molecule has 1 amide bonds. The highest BCUT2D eigenvalue weighted by Gasteiger charge is 2.60. The van der Waals surface area contributed by atoms with Gasteiger partial charge in [-0.15, -0.1) is 0 Å². The van der Waals surface area contributed by atoms with Gasteiger partial charge < -0.3 is 19.6 Å². The normalized spacial score (nSPS) is 18.7. The van der Waals surface area contributed by atoms with Gasteiger partial charge in [0.15, 0.2) is 0 Å². The van der Waals surface area contributed by atoms with Crippen molar-refractivity contribution in [2.75, 3.05) is 44.2 Å². The molecule has 13 heteroatoms. The van der Waals surface area contributed by atoms with E-state index in [1.165, 1.54) is 0 Å². The van der Waals surface area contributed by atoms with E-state index in [0.29, 0.717) is 32.5 Å².